The van der Waals surface area contributed by atoms with Crippen molar-refractivity contribution in [1.82, 2.24) is 20.0 Å². The number of ether oxygens (including phenoxy) is 1. The van der Waals surface area contributed by atoms with Crippen LogP contribution in [-0.2, 0) is 9.53 Å². The Labute approximate surface area is 149 Å². The molecule has 0 aromatic rings. The molecule has 0 spiro atoms. The zero-order valence-corrected chi connectivity index (χ0v) is 15.6. The number of guanidine groups is 1. The van der Waals surface area contributed by atoms with E-state index in [9.17, 15) is 9.59 Å². The molecule has 4 atom stereocenters. The highest BCUT2D eigenvalue weighted by Gasteiger charge is 2.49. The predicted octanol–water partition coefficient (Wildman–Crippen LogP) is 0.549. The minimum atomic E-state index is -0.481. The van der Waals surface area contributed by atoms with Crippen molar-refractivity contribution < 1.29 is 14.3 Å². The Kier molecular flexibility index (Phi) is 5.17. The minimum absolute atomic E-state index is 0.276. The number of amides is 3. The molecule has 8 heteroatoms. The second-order valence-corrected chi connectivity index (χ2v) is 7.43. The van der Waals surface area contributed by atoms with Crippen molar-refractivity contribution in [2.75, 3.05) is 39.9 Å². The van der Waals surface area contributed by atoms with Gasteiger partial charge in [0, 0.05) is 33.3 Å². The van der Waals surface area contributed by atoms with Crippen molar-refractivity contribution in [2.24, 2.45) is 16.8 Å². The molecule has 25 heavy (non-hydrogen) atoms. The van der Waals surface area contributed by atoms with Gasteiger partial charge in [0.2, 0.25) is 0 Å². The van der Waals surface area contributed by atoms with Crippen LogP contribution in [0, 0.1) is 11.8 Å². The molecule has 0 saturated carbocycles. The average molecular weight is 351 g/mol. The first-order chi connectivity index (χ1) is 11.9. The Morgan fingerprint density at radius 1 is 1.24 bits per heavy atom. The van der Waals surface area contributed by atoms with Gasteiger partial charge in [-0.15, -0.1) is 0 Å². The van der Waals surface area contributed by atoms with Crippen LogP contribution in [0.4, 0.5) is 4.79 Å². The van der Waals surface area contributed by atoms with Gasteiger partial charge in [0.25, 0.3) is 5.91 Å². The van der Waals surface area contributed by atoms with Gasteiger partial charge in [0.05, 0.1) is 6.61 Å². The molecule has 0 aromatic carbocycles. The van der Waals surface area contributed by atoms with Crippen LogP contribution in [0.1, 0.15) is 27.2 Å². The summed E-state index contributed by atoms with van der Waals surface area (Å²) in [7, 11) is 1.69. The number of likely N-dealkylation sites (N-methyl/N-ethyl adjacent to an activating group) is 1. The molecule has 4 unspecified atom stereocenters. The summed E-state index contributed by atoms with van der Waals surface area (Å²) < 4.78 is 5.51. The number of rotatable bonds is 4. The molecular weight excluding hydrogens is 322 g/mol. The molecule has 0 radical (unpaired) electrons. The lowest BCUT2D eigenvalue weighted by Crippen LogP contribution is -2.64. The first-order valence-corrected chi connectivity index (χ1v) is 9.17. The van der Waals surface area contributed by atoms with E-state index in [1.165, 1.54) is 11.3 Å². The fourth-order valence-corrected chi connectivity index (χ4v) is 4.15. The second kappa shape index (κ2) is 7.19. The van der Waals surface area contributed by atoms with Gasteiger partial charge < -0.3 is 19.4 Å². The number of hydrogen-bond acceptors (Lipinski definition) is 6. The van der Waals surface area contributed by atoms with Gasteiger partial charge >= 0.3 is 6.03 Å². The van der Waals surface area contributed by atoms with Gasteiger partial charge in [0.15, 0.2) is 18.2 Å². The Balaban J connectivity index is 1.86. The zero-order valence-electron chi connectivity index (χ0n) is 15.6. The van der Waals surface area contributed by atoms with Gasteiger partial charge in [-0.25, -0.2) is 9.79 Å². The number of likely N-dealkylation sites (tertiary alicyclic amines) is 1. The summed E-state index contributed by atoms with van der Waals surface area (Å²) in [5.41, 5.74) is 0. The van der Waals surface area contributed by atoms with Crippen LogP contribution in [0.5, 0.6) is 0 Å². The number of nitrogens with one attached hydrogen (secondary N) is 1. The number of aliphatic imine (C=N–C) groups is 1. The highest BCUT2D eigenvalue weighted by atomic mass is 16.5. The molecule has 1 N–H and O–H groups in total. The second-order valence-electron chi connectivity index (χ2n) is 7.43. The lowest BCUT2D eigenvalue weighted by molar-refractivity contribution is -0.127. The summed E-state index contributed by atoms with van der Waals surface area (Å²) in [6, 6.07) is -0.868. The Morgan fingerprint density at radius 3 is 2.56 bits per heavy atom. The zero-order chi connectivity index (χ0) is 18.1. The molecule has 3 heterocycles. The van der Waals surface area contributed by atoms with Crippen molar-refractivity contribution in [3.8, 4) is 0 Å². The quantitative estimate of drug-likeness (QED) is 0.749. The number of piperidine rings is 1. The predicted molar refractivity (Wildman–Crippen MR) is 94.0 cm³/mol. The number of nitrogens with zero attached hydrogens (tertiary/aromatic N) is 4. The Hall–Kier alpha value is -1.83. The van der Waals surface area contributed by atoms with Gasteiger partial charge in [-0.05, 0) is 25.2 Å². The van der Waals surface area contributed by atoms with E-state index in [2.05, 4.69) is 24.1 Å². The fraction of sp³-hybridized carbons (Fsp3) is 0.824. The molecule has 3 aliphatic rings. The molecule has 0 aromatic heterocycles. The normalized spacial score (nSPS) is 32.6. The first kappa shape index (κ1) is 18.0. The summed E-state index contributed by atoms with van der Waals surface area (Å²) in [6.45, 7) is 10.0. The molecule has 0 bridgehead atoms. The molecule has 3 aliphatic heterocycles. The van der Waals surface area contributed by atoms with Gasteiger partial charge in [-0.1, -0.05) is 13.8 Å². The van der Waals surface area contributed by atoms with Crippen LogP contribution in [0.2, 0.25) is 0 Å². The summed E-state index contributed by atoms with van der Waals surface area (Å²) in [6.07, 6.45) is 0.736. The van der Waals surface area contributed by atoms with Crippen molar-refractivity contribution >= 4 is 17.9 Å². The summed E-state index contributed by atoms with van der Waals surface area (Å²) in [4.78, 5) is 35.1. The number of hydrogen-bond donors (Lipinski definition) is 1. The maximum absolute atomic E-state index is 12.5. The van der Waals surface area contributed by atoms with Crippen molar-refractivity contribution in [1.29, 1.82) is 0 Å². The van der Waals surface area contributed by atoms with Crippen LogP contribution in [0.25, 0.3) is 0 Å². The first-order valence-electron chi connectivity index (χ1n) is 9.17. The van der Waals surface area contributed by atoms with Crippen molar-refractivity contribution in [3.63, 3.8) is 0 Å². The highest BCUT2D eigenvalue weighted by molar-refractivity contribution is 6.03. The van der Waals surface area contributed by atoms with E-state index in [-0.39, 0.29) is 11.9 Å². The molecule has 0 aliphatic carbocycles. The van der Waals surface area contributed by atoms with Crippen molar-refractivity contribution in [2.45, 2.75) is 39.4 Å². The number of urea groups is 1. The van der Waals surface area contributed by atoms with Gasteiger partial charge in [0.1, 0.15) is 0 Å². The fourth-order valence-electron chi connectivity index (χ4n) is 4.15. The molecule has 140 valence electrons. The summed E-state index contributed by atoms with van der Waals surface area (Å²) in [5.74, 6) is 1.71. The van der Waals surface area contributed by atoms with Gasteiger partial charge in [-0.2, -0.15) is 0 Å². The van der Waals surface area contributed by atoms with Crippen LogP contribution in [0.3, 0.4) is 0 Å². The third-order valence-corrected chi connectivity index (χ3v) is 5.17. The third kappa shape index (κ3) is 3.44. The van der Waals surface area contributed by atoms with E-state index in [1.807, 2.05) is 11.8 Å². The molecule has 2 saturated heterocycles. The third-order valence-electron chi connectivity index (χ3n) is 5.17. The molecular formula is C17H29N5O3. The number of fused-ring (bicyclic) bond motifs is 1. The lowest BCUT2D eigenvalue weighted by Gasteiger charge is -2.41. The number of carbonyl (C=O) groups excluding carboxylic acids is 2. The maximum atomic E-state index is 12.5. The summed E-state index contributed by atoms with van der Waals surface area (Å²) >= 11 is 0. The lowest BCUT2D eigenvalue weighted by atomic mass is 9.92. The van der Waals surface area contributed by atoms with E-state index >= 15 is 0 Å². The minimum Gasteiger partial charge on any atom is -0.380 e. The molecule has 3 rings (SSSR count). The summed E-state index contributed by atoms with van der Waals surface area (Å²) in [5, 5.41) is 2.44. The van der Waals surface area contributed by atoms with Crippen LogP contribution >= 0.6 is 0 Å². The monoisotopic (exact) mass is 351 g/mol. The number of imide groups is 1. The Morgan fingerprint density at radius 2 is 1.92 bits per heavy atom. The molecule has 2 fully saturated rings. The largest absolute Gasteiger partial charge is 0.380 e. The standard InChI is InChI=1S/C17H29N5O3/c1-5-25-7-6-22-13-14(20(4)17(24)19-15(13)23)18-16(22)21-9-11(2)8-12(3)10-21/h11-14H,5-10H2,1-4H3,(H,19,23,24). The Bertz CT molecular complexity index is 556. The van der Waals surface area contributed by atoms with Crippen LogP contribution in [0.15, 0.2) is 4.99 Å². The smallest absolute Gasteiger partial charge is 0.325 e. The van der Waals surface area contributed by atoms with Crippen LogP contribution < -0.4 is 5.32 Å². The molecule has 3 amide bonds. The van der Waals surface area contributed by atoms with E-state index < -0.39 is 12.2 Å². The highest BCUT2D eigenvalue weighted by Crippen LogP contribution is 2.29. The van der Waals surface area contributed by atoms with E-state index in [4.69, 9.17) is 9.73 Å². The SMILES string of the molecule is CCOCCN1C(N2CC(C)CC(C)C2)=NC2C1C(=O)NC(=O)N2C. The van der Waals surface area contributed by atoms with E-state index in [1.54, 1.807) is 7.05 Å². The van der Waals surface area contributed by atoms with E-state index in [0.29, 0.717) is 31.6 Å². The van der Waals surface area contributed by atoms with E-state index in [0.717, 1.165) is 19.0 Å². The average Bonchev–Trinajstić information content (AvgIpc) is 2.92. The molecule has 8 nitrogen and oxygen atoms in total. The topological polar surface area (TPSA) is 77.5 Å². The van der Waals surface area contributed by atoms with Gasteiger partial charge in [-0.3, -0.25) is 10.1 Å². The number of carbonyl (C=O) groups is 2. The van der Waals surface area contributed by atoms with Crippen LogP contribution in [-0.4, -0.2) is 84.7 Å². The van der Waals surface area contributed by atoms with Crippen molar-refractivity contribution in [3.05, 3.63) is 0 Å². The maximum Gasteiger partial charge on any atom is 0.325 e.